The molecule has 3 aromatic rings. The van der Waals surface area contributed by atoms with Crippen molar-refractivity contribution in [1.29, 1.82) is 0 Å². The van der Waals surface area contributed by atoms with Crippen LogP contribution in [0.4, 0.5) is 5.00 Å². The molecule has 0 atom stereocenters. The summed E-state index contributed by atoms with van der Waals surface area (Å²) in [6.07, 6.45) is 4.43. The minimum atomic E-state index is -0.401. The number of aryl methyl sites for hydroxylation is 2. The van der Waals surface area contributed by atoms with E-state index in [4.69, 9.17) is 9.15 Å². The summed E-state index contributed by atoms with van der Waals surface area (Å²) < 4.78 is 12.3. The second kappa shape index (κ2) is 8.88. The Hall–Kier alpha value is -2.59. The van der Waals surface area contributed by atoms with Crippen LogP contribution in [0, 0.1) is 6.92 Å². The molecule has 1 aliphatic rings. The molecule has 0 bridgehead atoms. The molecule has 0 spiro atoms. The third-order valence-electron chi connectivity index (χ3n) is 5.18. The lowest BCUT2D eigenvalue weighted by Crippen LogP contribution is -2.17. The number of nitrogens with one attached hydrogen (secondary N) is 1. The van der Waals surface area contributed by atoms with Crippen LogP contribution in [0.15, 0.2) is 21.9 Å². The van der Waals surface area contributed by atoms with Crippen LogP contribution >= 0.6 is 23.1 Å². The molecular formula is C21H24N4O4S2. The van der Waals surface area contributed by atoms with E-state index in [0.29, 0.717) is 21.5 Å². The molecule has 0 radical (unpaired) electrons. The molecule has 3 aromatic heterocycles. The van der Waals surface area contributed by atoms with E-state index in [0.717, 1.165) is 41.0 Å². The van der Waals surface area contributed by atoms with Crippen molar-refractivity contribution >= 4 is 40.0 Å². The zero-order chi connectivity index (χ0) is 22.1. The van der Waals surface area contributed by atoms with Crippen molar-refractivity contribution in [2.24, 2.45) is 0 Å². The Bertz CT molecular complexity index is 1130. The molecule has 1 N–H and O–H groups in total. The van der Waals surface area contributed by atoms with E-state index in [9.17, 15) is 9.59 Å². The van der Waals surface area contributed by atoms with Gasteiger partial charge in [0.15, 0.2) is 11.0 Å². The molecule has 1 amide bonds. The molecule has 8 nitrogen and oxygen atoms in total. The van der Waals surface area contributed by atoms with E-state index in [1.807, 2.05) is 31.4 Å². The zero-order valence-corrected chi connectivity index (χ0v) is 19.5. The number of hydrogen-bond acceptors (Lipinski definition) is 8. The Balaban J connectivity index is 1.50. The SMILES string of the molecule is COC(=O)c1c(NC(=O)CSc2nnc(-c3ccoc3C)n2C(C)C)sc2c1CCC2. The van der Waals surface area contributed by atoms with Crippen LogP contribution in [-0.4, -0.2) is 39.5 Å². The normalized spacial score (nSPS) is 12.9. The van der Waals surface area contributed by atoms with E-state index < -0.39 is 5.97 Å². The number of furan rings is 1. The lowest BCUT2D eigenvalue weighted by Gasteiger charge is -2.13. The number of fused-ring (bicyclic) bond motifs is 1. The molecule has 0 fully saturated rings. The van der Waals surface area contributed by atoms with Gasteiger partial charge in [-0.3, -0.25) is 9.36 Å². The van der Waals surface area contributed by atoms with Gasteiger partial charge in [0.25, 0.3) is 0 Å². The number of amides is 1. The predicted octanol–water partition coefficient (Wildman–Crippen LogP) is 4.50. The van der Waals surface area contributed by atoms with Crippen LogP contribution in [0.1, 0.15) is 52.9 Å². The van der Waals surface area contributed by atoms with Crippen molar-refractivity contribution in [2.45, 2.75) is 51.2 Å². The number of methoxy groups -OCH3 is 1. The van der Waals surface area contributed by atoms with Crippen molar-refractivity contribution < 1.29 is 18.7 Å². The number of thiophene rings is 1. The number of carbonyl (C=O) groups is 2. The van der Waals surface area contributed by atoms with Gasteiger partial charge >= 0.3 is 5.97 Å². The van der Waals surface area contributed by atoms with Gasteiger partial charge in [-0.2, -0.15) is 0 Å². The van der Waals surface area contributed by atoms with Gasteiger partial charge in [-0.25, -0.2) is 4.79 Å². The fourth-order valence-corrected chi connectivity index (χ4v) is 5.91. The first-order valence-electron chi connectivity index (χ1n) is 10.1. The third-order valence-corrected chi connectivity index (χ3v) is 7.33. The van der Waals surface area contributed by atoms with Crippen LogP contribution in [0.25, 0.3) is 11.4 Å². The zero-order valence-electron chi connectivity index (χ0n) is 17.9. The number of thioether (sulfide) groups is 1. The van der Waals surface area contributed by atoms with Gasteiger partial charge in [-0.1, -0.05) is 11.8 Å². The van der Waals surface area contributed by atoms with Gasteiger partial charge in [-0.05, 0) is 51.7 Å². The lowest BCUT2D eigenvalue weighted by molar-refractivity contribution is -0.113. The minimum absolute atomic E-state index is 0.107. The Morgan fingerprint density at radius 3 is 2.84 bits per heavy atom. The predicted molar refractivity (Wildman–Crippen MR) is 120 cm³/mol. The summed E-state index contributed by atoms with van der Waals surface area (Å²) in [4.78, 5) is 26.1. The molecule has 0 saturated heterocycles. The summed E-state index contributed by atoms with van der Waals surface area (Å²) in [5, 5.41) is 12.8. The number of rotatable bonds is 7. The largest absolute Gasteiger partial charge is 0.469 e. The van der Waals surface area contributed by atoms with E-state index in [1.54, 1.807) is 6.26 Å². The number of hydrogen-bond donors (Lipinski definition) is 1. The van der Waals surface area contributed by atoms with Gasteiger partial charge in [0.2, 0.25) is 5.91 Å². The fraction of sp³-hybridized carbons (Fsp3) is 0.429. The van der Waals surface area contributed by atoms with Gasteiger partial charge in [0, 0.05) is 10.9 Å². The molecule has 164 valence electrons. The molecule has 4 rings (SSSR count). The van der Waals surface area contributed by atoms with Crippen molar-refractivity contribution in [3.8, 4) is 11.4 Å². The van der Waals surface area contributed by atoms with Crippen LogP contribution in [-0.2, 0) is 22.4 Å². The molecule has 0 unspecified atom stereocenters. The van der Waals surface area contributed by atoms with Crippen LogP contribution in [0.3, 0.4) is 0 Å². The highest BCUT2D eigenvalue weighted by molar-refractivity contribution is 7.99. The van der Waals surface area contributed by atoms with Gasteiger partial charge < -0.3 is 14.5 Å². The number of aromatic nitrogens is 3. The highest BCUT2D eigenvalue weighted by atomic mass is 32.2. The maximum atomic E-state index is 12.7. The quantitative estimate of drug-likeness (QED) is 0.409. The van der Waals surface area contributed by atoms with Crippen molar-refractivity contribution in [3.05, 3.63) is 34.1 Å². The first-order valence-corrected chi connectivity index (χ1v) is 11.9. The van der Waals surface area contributed by atoms with Crippen molar-refractivity contribution in [1.82, 2.24) is 14.8 Å². The average Bonchev–Trinajstić information content (AvgIpc) is 3.49. The van der Waals surface area contributed by atoms with E-state index in [2.05, 4.69) is 15.5 Å². The summed E-state index contributed by atoms with van der Waals surface area (Å²) in [6, 6.07) is 1.97. The summed E-state index contributed by atoms with van der Waals surface area (Å²) in [7, 11) is 1.36. The van der Waals surface area contributed by atoms with Gasteiger partial charge in [-0.15, -0.1) is 21.5 Å². The molecule has 1 aliphatic carbocycles. The summed E-state index contributed by atoms with van der Waals surface area (Å²) in [5.74, 6) is 1.03. The molecule has 0 saturated carbocycles. The maximum Gasteiger partial charge on any atom is 0.341 e. The standard InChI is InChI=1S/C21H24N4O4S2/c1-11(2)25-18(13-8-9-29-12(13)3)23-24-21(25)30-10-16(26)22-19-17(20(27)28-4)14-6-5-7-15(14)31-19/h8-9,11H,5-7,10H2,1-4H3,(H,22,26). The fourth-order valence-electron chi connectivity index (χ4n) is 3.74. The molecule has 3 heterocycles. The smallest absolute Gasteiger partial charge is 0.341 e. The highest BCUT2D eigenvalue weighted by Gasteiger charge is 2.28. The average molecular weight is 461 g/mol. The summed E-state index contributed by atoms with van der Waals surface area (Å²) in [6.45, 7) is 5.97. The molecule has 0 aliphatic heterocycles. The van der Waals surface area contributed by atoms with E-state index in [1.165, 1.54) is 30.2 Å². The highest BCUT2D eigenvalue weighted by Crippen LogP contribution is 2.39. The number of carbonyl (C=O) groups excluding carboxylic acids is 2. The topological polar surface area (TPSA) is 99.2 Å². The Kier molecular flexibility index (Phi) is 6.19. The molecule has 31 heavy (non-hydrogen) atoms. The van der Waals surface area contributed by atoms with Crippen LogP contribution in [0.5, 0.6) is 0 Å². The monoisotopic (exact) mass is 460 g/mol. The Morgan fingerprint density at radius 1 is 1.35 bits per heavy atom. The molecular weight excluding hydrogens is 436 g/mol. The number of nitrogens with zero attached hydrogens (tertiary/aromatic N) is 3. The number of anilines is 1. The van der Waals surface area contributed by atoms with Gasteiger partial charge in [0.05, 0.1) is 30.3 Å². The van der Waals surface area contributed by atoms with E-state index >= 15 is 0 Å². The second-order valence-electron chi connectivity index (χ2n) is 7.55. The first-order chi connectivity index (χ1) is 14.9. The first kappa shape index (κ1) is 21.6. The molecule has 10 heteroatoms. The lowest BCUT2D eigenvalue weighted by atomic mass is 10.1. The van der Waals surface area contributed by atoms with Gasteiger partial charge in [0.1, 0.15) is 10.8 Å². The van der Waals surface area contributed by atoms with Crippen molar-refractivity contribution in [3.63, 3.8) is 0 Å². The minimum Gasteiger partial charge on any atom is -0.469 e. The third kappa shape index (κ3) is 4.14. The summed E-state index contributed by atoms with van der Waals surface area (Å²) in [5.41, 5.74) is 2.40. The Morgan fingerprint density at radius 2 is 2.16 bits per heavy atom. The maximum absolute atomic E-state index is 12.7. The second-order valence-corrected chi connectivity index (χ2v) is 9.60. The van der Waals surface area contributed by atoms with Crippen LogP contribution in [0.2, 0.25) is 0 Å². The van der Waals surface area contributed by atoms with E-state index in [-0.39, 0.29) is 17.7 Å². The number of ether oxygens (including phenoxy) is 1. The van der Waals surface area contributed by atoms with Crippen LogP contribution < -0.4 is 5.32 Å². The molecule has 0 aromatic carbocycles. The summed E-state index contributed by atoms with van der Waals surface area (Å²) >= 11 is 2.78. The number of esters is 1. The van der Waals surface area contributed by atoms with Crippen molar-refractivity contribution in [2.75, 3.05) is 18.2 Å². The Labute approximate surface area is 188 Å².